The molecule has 0 amide bonds. The van der Waals surface area contributed by atoms with Crippen molar-refractivity contribution in [1.29, 1.82) is 0 Å². The molecule has 0 aromatic carbocycles. The SMILES string of the molecule is C.CNP(C)(C)=O.COP(C)(C)=O. The van der Waals surface area contributed by atoms with Crippen LogP contribution in [0.25, 0.3) is 0 Å². The Morgan fingerprint density at radius 1 is 1.08 bits per heavy atom. The van der Waals surface area contributed by atoms with E-state index in [9.17, 15) is 9.13 Å². The maximum Gasteiger partial charge on any atom is 0.196 e. The maximum absolute atomic E-state index is 10.5. The zero-order valence-electron chi connectivity index (χ0n) is 8.62. The van der Waals surface area contributed by atoms with Crippen molar-refractivity contribution in [1.82, 2.24) is 5.09 Å². The summed E-state index contributed by atoms with van der Waals surface area (Å²) in [5.74, 6) is 0. The van der Waals surface area contributed by atoms with Crippen LogP contribution in [0.5, 0.6) is 0 Å². The Hall–Kier alpha value is 0.380. The van der Waals surface area contributed by atoms with Gasteiger partial charge in [-0.3, -0.25) is 9.65 Å². The van der Waals surface area contributed by atoms with Gasteiger partial charge in [-0.25, -0.2) is 0 Å². The van der Waals surface area contributed by atoms with Crippen molar-refractivity contribution in [2.45, 2.75) is 7.43 Å². The molecule has 1 N–H and O–H groups in total. The summed E-state index contributed by atoms with van der Waals surface area (Å²) in [6, 6.07) is 0. The van der Waals surface area contributed by atoms with Gasteiger partial charge in [0.1, 0.15) is 7.29 Å². The predicted octanol–water partition coefficient (Wildman–Crippen LogP) is 2.55. The van der Waals surface area contributed by atoms with E-state index in [1.54, 1.807) is 33.7 Å². The summed E-state index contributed by atoms with van der Waals surface area (Å²) in [6.45, 7) is 6.53. The van der Waals surface area contributed by atoms with Crippen LogP contribution in [0.1, 0.15) is 7.43 Å². The van der Waals surface area contributed by atoms with Crippen molar-refractivity contribution in [3.63, 3.8) is 0 Å². The lowest BCUT2D eigenvalue weighted by atomic mass is 11.6. The number of rotatable bonds is 2. The molecule has 6 heteroatoms. The topological polar surface area (TPSA) is 55.4 Å². The molecule has 4 nitrogen and oxygen atoms in total. The highest BCUT2D eigenvalue weighted by molar-refractivity contribution is 7.60. The smallest absolute Gasteiger partial charge is 0.196 e. The Balaban J connectivity index is -0.000000143. The molecule has 0 aliphatic carbocycles. The van der Waals surface area contributed by atoms with Gasteiger partial charge in [0.2, 0.25) is 0 Å². The monoisotopic (exact) mass is 231 g/mol. The van der Waals surface area contributed by atoms with Crippen LogP contribution in [0.3, 0.4) is 0 Å². The first kappa shape index (κ1) is 19.0. The van der Waals surface area contributed by atoms with Gasteiger partial charge in [-0.2, -0.15) is 0 Å². The van der Waals surface area contributed by atoms with E-state index >= 15 is 0 Å². The first-order chi connectivity index (χ1) is 5.12. The van der Waals surface area contributed by atoms with Crippen molar-refractivity contribution in [3.05, 3.63) is 0 Å². The minimum atomic E-state index is -2.15. The molecule has 0 rings (SSSR count). The van der Waals surface area contributed by atoms with Crippen molar-refractivity contribution in [2.75, 3.05) is 40.8 Å². The molecule has 0 aromatic heterocycles. The van der Waals surface area contributed by atoms with Crippen molar-refractivity contribution in [2.24, 2.45) is 0 Å². The molecule has 0 aliphatic rings. The highest BCUT2D eigenvalue weighted by Crippen LogP contribution is 2.35. The molecule has 0 saturated heterocycles. The fraction of sp³-hybridized carbons (Fsp3) is 1.00. The molecule has 0 spiro atoms. The Bertz CT molecular complexity index is 172. The van der Waals surface area contributed by atoms with E-state index in [4.69, 9.17) is 0 Å². The zero-order valence-corrected chi connectivity index (χ0v) is 10.4. The van der Waals surface area contributed by atoms with E-state index in [1.165, 1.54) is 7.11 Å². The molecular weight excluding hydrogens is 208 g/mol. The Labute approximate surface area is 82.3 Å². The van der Waals surface area contributed by atoms with Crippen LogP contribution in [0.15, 0.2) is 0 Å². The molecule has 0 atom stereocenters. The average Bonchev–Trinajstić information content (AvgIpc) is 1.86. The highest BCUT2D eigenvalue weighted by Gasteiger charge is 1.99. The third-order valence-corrected chi connectivity index (χ3v) is 2.93. The summed E-state index contributed by atoms with van der Waals surface area (Å²) < 4.78 is 25.3. The second-order valence-electron chi connectivity index (χ2n) is 3.01. The fourth-order valence-electron chi connectivity index (χ4n) is 0. The van der Waals surface area contributed by atoms with Crippen molar-refractivity contribution in [3.8, 4) is 0 Å². The minimum absolute atomic E-state index is 0. The van der Waals surface area contributed by atoms with Gasteiger partial charge in [-0.15, -0.1) is 0 Å². The minimum Gasteiger partial charge on any atom is -0.332 e. The third-order valence-electron chi connectivity index (χ3n) is 0.978. The van der Waals surface area contributed by atoms with E-state index in [0.29, 0.717) is 0 Å². The van der Waals surface area contributed by atoms with E-state index in [2.05, 4.69) is 9.61 Å². The first-order valence-electron chi connectivity index (χ1n) is 3.47. The lowest BCUT2D eigenvalue weighted by molar-refractivity contribution is 0.404. The summed E-state index contributed by atoms with van der Waals surface area (Å²) in [4.78, 5) is 0. The number of nitrogens with one attached hydrogen (secondary N) is 1. The summed E-state index contributed by atoms with van der Waals surface area (Å²) in [6.07, 6.45) is 0. The quantitative estimate of drug-likeness (QED) is 0.742. The summed E-state index contributed by atoms with van der Waals surface area (Å²) >= 11 is 0. The molecule has 0 heterocycles. The maximum atomic E-state index is 10.5. The Kier molecular flexibility index (Phi) is 11.4. The molecule has 84 valence electrons. The largest absolute Gasteiger partial charge is 0.332 e. The molecule has 0 radical (unpaired) electrons. The molecule has 0 fully saturated rings. The molecule has 13 heavy (non-hydrogen) atoms. The van der Waals surface area contributed by atoms with Gasteiger partial charge in [0, 0.05) is 33.8 Å². The molecule has 0 aliphatic heterocycles. The normalized spacial score (nSPS) is 10.9. The van der Waals surface area contributed by atoms with Gasteiger partial charge < -0.3 is 9.09 Å². The van der Waals surface area contributed by atoms with Crippen molar-refractivity contribution >= 4 is 14.7 Å². The van der Waals surface area contributed by atoms with Gasteiger partial charge >= 0.3 is 0 Å². The zero-order chi connectivity index (χ0) is 10.4. The Morgan fingerprint density at radius 2 is 1.23 bits per heavy atom. The summed E-state index contributed by atoms with van der Waals surface area (Å²) in [5.41, 5.74) is 0. The highest BCUT2D eigenvalue weighted by atomic mass is 31.2. The molecule has 0 aromatic rings. The van der Waals surface area contributed by atoms with E-state index < -0.39 is 14.7 Å². The standard InChI is InChI=1S/C3H10NOP.C3H9O2P.CH4/c1-4-6(2,3)5;1-5-6(2,3)4;/h1-3H3,(H,4,5);1-3H3;1H4. The first-order valence-corrected chi connectivity index (χ1v) is 8.59. The van der Waals surface area contributed by atoms with Gasteiger partial charge in [0.15, 0.2) is 7.37 Å². The van der Waals surface area contributed by atoms with Crippen LogP contribution in [0, 0.1) is 0 Å². The number of hydrogen-bond acceptors (Lipinski definition) is 3. The van der Waals surface area contributed by atoms with Crippen LogP contribution >= 0.6 is 14.7 Å². The number of hydrogen-bond donors (Lipinski definition) is 1. The Morgan fingerprint density at radius 3 is 1.23 bits per heavy atom. The molecule has 0 unspecified atom stereocenters. The molecule has 0 bridgehead atoms. The fourth-order valence-corrected chi connectivity index (χ4v) is 0. The van der Waals surface area contributed by atoms with Crippen molar-refractivity contribution < 1.29 is 13.7 Å². The van der Waals surface area contributed by atoms with Gasteiger partial charge in [0.25, 0.3) is 0 Å². The van der Waals surface area contributed by atoms with Crippen LogP contribution < -0.4 is 5.09 Å². The summed E-state index contributed by atoms with van der Waals surface area (Å²) in [7, 11) is -0.903. The second-order valence-corrected chi connectivity index (χ2v) is 9.03. The van der Waals surface area contributed by atoms with Gasteiger partial charge in [-0.05, 0) is 7.05 Å². The van der Waals surface area contributed by atoms with E-state index in [0.717, 1.165) is 0 Å². The van der Waals surface area contributed by atoms with Gasteiger partial charge in [0.05, 0.1) is 0 Å². The lowest BCUT2D eigenvalue weighted by Crippen LogP contribution is -1.97. The molecular formula is C7H23NO3P2. The van der Waals surface area contributed by atoms with Crippen LogP contribution in [-0.4, -0.2) is 40.8 Å². The van der Waals surface area contributed by atoms with Crippen LogP contribution in [-0.2, 0) is 13.7 Å². The van der Waals surface area contributed by atoms with Gasteiger partial charge in [-0.1, -0.05) is 7.43 Å². The summed E-state index contributed by atoms with van der Waals surface area (Å²) in [5, 5.41) is 2.66. The van der Waals surface area contributed by atoms with Crippen LogP contribution in [0.4, 0.5) is 0 Å². The van der Waals surface area contributed by atoms with Crippen LogP contribution in [0.2, 0.25) is 0 Å². The lowest BCUT2D eigenvalue weighted by Gasteiger charge is -1.99. The van der Waals surface area contributed by atoms with E-state index in [-0.39, 0.29) is 7.43 Å². The predicted molar refractivity (Wildman–Crippen MR) is 61.7 cm³/mol. The van der Waals surface area contributed by atoms with E-state index in [1.807, 2.05) is 0 Å². The third kappa shape index (κ3) is 32.8. The average molecular weight is 231 g/mol. The molecule has 0 saturated carbocycles. The second kappa shape index (κ2) is 7.75.